The number of carbonyl (C=O) groups excluding carboxylic acids is 1. The maximum absolute atomic E-state index is 13.3. The molecule has 0 saturated carbocycles. The van der Waals surface area contributed by atoms with Crippen LogP contribution in [0.5, 0.6) is 5.75 Å². The third kappa shape index (κ3) is 3.26. The summed E-state index contributed by atoms with van der Waals surface area (Å²) in [6.45, 7) is 8.06. The maximum Gasteiger partial charge on any atom is 0.152 e. The number of hydrogen-bond acceptors (Lipinski definition) is 3. The normalized spacial score (nSPS) is 11.1. The molecule has 0 aliphatic heterocycles. The zero-order chi connectivity index (χ0) is 17.1. The van der Waals surface area contributed by atoms with Gasteiger partial charge in [0.25, 0.3) is 0 Å². The molecule has 4 heteroatoms. The lowest BCUT2D eigenvalue weighted by molar-refractivity contribution is 0.112. The minimum atomic E-state index is -0.317. The van der Waals surface area contributed by atoms with E-state index in [1.807, 2.05) is 27.7 Å². The van der Waals surface area contributed by atoms with Crippen LogP contribution in [0.1, 0.15) is 61.3 Å². The van der Waals surface area contributed by atoms with Crippen molar-refractivity contribution in [1.29, 1.82) is 0 Å². The molecule has 0 unspecified atom stereocenters. The molecule has 0 spiro atoms. The SMILES string of the molecule is COc1c(C(C)C)nc(C(C)C)c(C=O)c1-c1ccc(F)cc1. The Labute approximate surface area is 136 Å². The first kappa shape index (κ1) is 17.1. The quantitative estimate of drug-likeness (QED) is 0.732. The summed E-state index contributed by atoms with van der Waals surface area (Å²) in [4.78, 5) is 16.5. The average molecular weight is 315 g/mol. The summed E-state index contributed by atoms with van der Waals surface area (Å²) >= 11 is 0. The van der Waals surface area contributed by atoms with E-state index in [-0.39, 0.29) is 17.7 Å². The lowest BCUT2D eigenvalue weighted by Gasteiger charge is -2.21. The fraction of sp³-hybridized carbons (Fsp3) is 0.368. The second kappa shape index (κ2) is 6.90. The van der Waals surface area contributed by atoms with Gasteiger partial charge in [-0.1, -0.05) is 39.8 Å². The summed E-state index contributed by atoms with van der Waals surface area (Å²) in [5.41, 5.74) is 3.49. The van der Waals surface area contributed by atoms with Crippen LogP contribution in [-0.4, -0.2) is 18.4 Å². The van der Waals surface area contributed by atoms with Gasteiger partial charge in [-0.3, -0.25) is 9.78 Å². The van der Waals surface area contributed by atoms with Gasteiger partial charge in [0, 0.05) is 11.1 Å². The molecule has 0 bridgehead atoms. The third-order valence-electron chi connectivity index (χ3n) is 3.79. The summed E-state index contributed by atoms with van der Waals surface area (Å²) < 4.78 is 18.9. The Morgan fingerprint density at radius 2 is 1.61 bits per heavy atom. The van der Waals surface area contributed by atoms with Gasteiger partial charge in [-0.15, -0.1) is 0 Å². The molecule has 0 radical (unpaired) electrons. The van der Waals surface area contributed by atoms with Crippen molar-refractivity contribution in [2.75, 3.05) is 7.11 Å². The highest BCUT2D eigenvalue weighted by Gasteiger charge is 2.24. The first-order valence-corrected chi connectivity index (χ1v) is 7.73. The van der Waals surface area contributed by atoms with Gasteiger partial charge in [-0.2, -0.15) is 0 Å². The van der Waals surface area contributed by atoms with Crippen molar-refractivity contribution in [1.82, 2.24) is 4.98 Å². The number of ether oxygens (including phenoxy) is 1. The molecule has 0 amide bonds. The van der Waals surface area contributed by atoms with Crippen LogP contribution in [0.25, 0.3) is 11.1 Å². The molecular weight excluding hydrogens is 293 g/mol. The Balaban J connectivity index is 2.89. The van der Waals surface area contributed by atoms with Gasteiger partial charge >= 0.3 is 0 Å². The lowest BCUT2D eigenvalue weighted by Crippen LogP contribution is -2.09. The summed E-state index contributed by atoms with van der Waals surface area (Å²) in [7, 11) is 1.57. The van der Waals surface area contributed by atoms with E-state index < -0.39 is 0 Å². The van der Waals surface area contributed by atoms with Crippen molar-refractivity contribution < 1.29 is 13.9 Å². The molecule has 2 aromatic rings. The summed E-state index contributed by atoms with van der Waals surface area (Å²) in [5.74, 6) is 0.501. The summed E-state index contributed by atoms with van der Waals surface area (Å²) in [5, 5.41) is 0. The van der Waals surface area contributed by atoms with Gasteiger partial charge in [0.2, 0.25) is 0 Å². The highest BCUT2D eigenvalue weighted by molar-refractivity contribution is 5.92. The predicted molar refractivity (Wildman–Crippen MR) is 89.7 cm³/mol. The van der Waals surface area contributed by atoms with Crippen molar-refractivity contribution in [2.24, 2.45) is 0 Å². The topological polar surface area (TPSA) is 39.2 Å². The maximum atomic E-state index is 13.3. The molecule has 1 aromatic carbocycles. The molecule has 1 heterocycles. The van der Waals surface area contributed by atoms with Gasteiger partial charge in [0.05, 0.1) is 18.5 Å². The Hall–Kier alpha value is -2.23. The van der Waals surface area contributed by atoms with E-state index in [2.05, 4.69) is 4.98 Å². The number of aldehydes is 1. The highest BCUT2D eigenvalue weighted by Crippen LogP contribution is 2.40. The van der Waals surface area contributed by atoms with Gasteiger partial charge in [-0.05, 0) is 29.5 Å². The van der Waals surface area contributed by atoms with Crippen LogP contribution >= 0.6 is 0 Å². The minimum absolute atomic E-state index is 0.0952. The molecule has 0 aliphatic carbocycles. The average Bonchev–Trinajstić information content (AvgIpc) is 2.53. The Morgan fingerprint density at radius 1 is 1.04 bits per heavy atom. The van der Waals surface area contributed by atoms with E-state index >= 15 is 0 Å². The Morgan fingerprint density at radius 3 is 2.04 bits per heavy atom. The number of hydrogen-bond donors (Lipinski definition) is 0. The number of rotatable bonds is 5. The number of pyridine rings is 1. The minimum Gasteiger partial charge on any atom is -0.494 e. The van der Waals surface area contributed by atoms with Gasteiger partial charge in [0.1, 0.15) is 11.6 Å². The predicted octanol–water partition coefficient (Wildman–Crippen LogP) is 4.96. The Kier molecular flexibility index (Phi) is 5.14. The molecule has 23 heavy (non-hydrogen) atoms. The van der Waals surface area contributed by atoms with Crippen LogP contribution < -0.4 is 4.74 Å². The lowest BCUT2D eigenvalue weighted by atomic mass is 9.91. The van der Waals surface area contributed by atoms with Crippen LogP contribution in [0.4, 0.5) is 4.39 Å². The number of halogens is 1. The Bertz CT molecular complexity index is 706. The number of nitrogens with zero attached hydrogens (tertiary/aromatic N) is 1. The van der Waals surface area contributed by atoms with E-state index in [9.17, 15) is 9.18 Å². The smallest absolute Gasteiger partial charge is 0.152 e. The zero-order valence-electron chi connectivity index (χ0n) is 14.2. The monoisotopic (exact) mass is 315 g/mol. The fourth-order valence-corrected chi connectivity index (χ4v) is 2.68. The van der Waals surface area contributed by atoms with Gasteiger partial charge < -0.3 is 4.74 Å². The van der Waals surface area contributed by atoms with E-state index in [0.717, 1.165) is 23.2 Å². The van der Waals surface area contributed by atoms with Gasteiger partial charge in [0.15, 0.2) is 6.29 Å². The van der Waals surface area contributed by atoms with Crippen molar-refractivity contribution in [3.63, 3.8) is 0 Å². The first-order chi connectivity index (χ1) is 10.9. The summed E-state index contributed by atoms with van der Waals surface area (Å²) in [6, 6.07) is 6.09. The third-order valence-corrected chi connectivity index (χ3v) is 3.79. The largest absolute Gasteiger partial charge is 0.494 e. The molecule has 0 fully saturated rings. The van der Waals surface area contributed by atoms with Crippen molar-refractivity contribution in [3.8, 4) is 16.9 Å². The van der Waals surface area contributed by atoms with Gasteiger partial charge in [-0.25, -0.2) is 4.39 Å². The van der Waals surface area contributed by atoms with E-state index in [4.69, 9.17) is 4.74 Å². The van der Waals surface area contributed by atoms with Crippen LogP contribution in [-0.2, 0) is 0 Å². The number of carbonyl (C=O) groups is 1. The van der Waals surface area contributed by atoms with E-state index in [0.29, 0.717) is 16.9 Å². The van der Waals surface area contributed by atoms with E-state index in [1.54, 1.807) is 19.2 Å². The zero-order valence-corrected chi connectivity index (χ0v) is 14.2. The molecule has 0 saturated heterocycles. The van der Waals surface area contributed by atoms with E-state index in [1.165, 1.54) is 12.1 Å². The second-order valence-corrected chi connectivity index (χ2v) is 6.14. The molecule has 0 N–H and O–H groups in total. The number of benzene rings is 1. The summed E-state index contributed by atoms with van der Waals surface area (Å²) in [6.07, 6.45) is 0.813. The van der Waals surface area contributed by atoms with Crippen LogP contribution in [0.3, 0.4) is 0 Å². The number of methoxy groups -OCH3 is 1. The van der Waals surface area contributed by atoms with Crippen molar-refractivity contribution in [2.45, 2.75) is 39.5 Å². The first-order valence-electron chi connectivity index (χ1n) is 7.73. The molecule has 0 atom stereocenters. The second-order valence-electron chi connectivity index (χ2n) is 6.14. The van der Waals surface area contributed by atoms with Crippen LogP contribution in [0.15, 0.2) is 24.3 Å². The molecule has 1 aromatic heterocycles. The fourth-order valence-electron chi connectivity index (χ4n) is 2.68. The standard InChI is InChI=1S/C19H22FNO2/c1-11(2)17-15(10-22)16(13-6-8-14(20)9-7-13)19(23-5)18(21-17)12(3)4/h6-12H,1-5H3. The highest BCUT2D eigenvalue weighted by atomic mass is 19.1. The molecule has 0 aliphatic rings. The van der Waals surface area contributed by atoms with Crippen molar-refractivity contribution >= 4 is 6.29 Å². The molecule has 2 rings (SSSR count). The van der Waals surface area contributed by atoms with Crippen LogP contribution in [0.2, 0.25) is 0 Å². The number of aromatic nitrogens is 1. The molecule has 122 valence electrons. The van der Waals surface area contributed by atoms with Crippen molar-refractivity contribution in [3.05, 3.63) is 47.0 Å². The van der Waals surface area contributed by atoms with Crippen LogP contribution in [0, 0.1) is 5.82 Å². The molecule has 3 nitrogen and oxygen atoms in total. The molecular formula is C19H22FNO2.